The highest BCUT2D eigenvalue weighted by atomic mass is 19.4. The van der Waals surface area contributed by atoms with Crippen LogP contribution in [0.3, 0.4) is 0 Å². The van der Waals surface area contributed by atoms with Crippen LogP contribution in [-0.2, 0) is 19.6 Å². The number of aromatic nitrogens is 2. The first-order valence-electron chi connectivity index (χ1n) is 9.00. The van der Waals surface area contributed by atoms with Crippen LogP contribution in [0, 0.1) is 0 Å². The molecular formula is C19H22F3N3O2. The lowest BCUT2D eigenvalue weighted by molar-refractivity contribution is -0.137. The number of aromatic amines is 1. The van der Waals surface area contributed by atoms with Crippen molar-refractivity contribution >= 4 is 5.82 Å². The number of benzene rings is 1. The topological polar surface area (TPSA) is 58.1 Å². The van der Waals surface area contributed by atoms with Gasteiger partial charge in [-0.2, -0.15) is 13.2 Å². The fourth-order valence-corrected chi connectivity index (χ4v) is 3.44. The number of H-pyrrole nitrogens is 1. The largest absolute Gasteiger partial charge is 0.416 e. The number of hydrogen-bond acceptors (Lipinski definition) is 3. The van der Waals surface area contributed by atoms with Gasteiger partial charge in [-0.3, -0.25) is 14.3 Å². The molecule has 0 spiro atoms. The summed E-state index contributed by atoms with van der Waals surface area (Å²) < 4.78 is 40.0. The molecule has 1 aliphatic rings. The molecule has 1 aromatic heterocycles. The van der Waals surface area contributed by atoms with Crippen molar-refractivity contribution in [2.45, 2.75) is 38.3 Å². The van der Waals surface area contributed by atoms with Crippen LogP contribution < -0.4 is 16.1 Å². The lowest BCUT2D eigenvalue weighted by Crippen LogP contribution is -2.39. The summed E-state index contributed by atoms with van der Waals surface area (Å²) >= 11 is 0. The fraction of sp³-hybridized carbons (Fsp3) is 0.474. The van der Waals surface area contributed by atoms with E-state index in [2.05, 4.69) is 4.98 Å². The number of nitrogens with one attached hydrogen (secondary N) is 1. The molecule has 3 rings (SSSR count). The molecule has 0 aliphatic carbocycles. The number of rotatable bonds is 3. The van der Waals surface area contributed by atoms with Gasteiger partial charge in [0.05, 0.1) is 11.1 Å². The Labute approximate surface area is 154 Å². The molecule has 0 unspecified atom stereocenters. The first-order chi connectivity index (χ1) is 12.8. The Hall–Kier alpha value is -2.51. The number of halogens is 3. The average Bonchev–Trinajstić information content (AvgIpc) is 2.91. The van der Waals surface area contributed by atoms with Crippen LogP contribution in [0.5, 0.6) is 0 Å². The zero-order valence-corrected chi connectivity index (χ0v) is 15.1. The zero-order valence-electron chi connectivity index (χ0n) is 15.1. The maximum Gasteiger partial charge on any atom is 0.416 e. The van der Waals surface area contributed by atoms with E-state index in [-0.39, 0.29) is 6.42 Å². The van der Waals surface area contributed by atoms with Crippen LogP contribution in [0.2, 0.25) is 0 Å². The van der Waals surface area contributed by atoms with Gasteiger partial charge in [0.25, 0.3) is 5.56 Å². The molecule has 27 heavy (non-hydrogen) atoms. The number of alkyl halides is 3. The highest BCUT2D eigenvalue weighted by Crippen LogP contribution is 2.30. The summed E-state index contributed by atoms with van der Waals surface area (Å²) in [6, 6.07) is 4.95. The van der Waals surface area contributed by atoms with Gasteiger partial charge in [0.15, 0.2) is 0 Å². The first kappa shape index (κ1) is 19.3. The molecule has 1 N–H and O–H groups in total. The van der Waals surface area contributed by atoms with Gasteiger partial charge in [-0.25, -0.2) is 4.79 Å². The van der Waals surface area contributed by atoms with E-state index in [9.17, 15) is 22.8 Å². The highest BCUT2D eigenvalue weighted by molar-refractivity contribution is 5.48. The van der Waals surface area contributed by atoms with Gasteiger partial charge >= 0.3 is 11.9 Å². The molecule has 0 amide bonds. The van der Waals surface area contributed by atoms with Gasteiger partial charge in [-0.1, -0.05) is 31.0 Å². The molecule has 2 heterocycles. The minimum absolute atomic E-state index is 0.0270. The Balaban J connectivity index is 2.05. The van der Waals surface area contributed by atoms with E-state index in [1.165, 1.54) is 13.1 Å². The van der Waals surface area contributed by atoms with E-state index in [4.69, 9.17) is 0 Å². The number of hydrogen-bond donors (Lipinski definition) is 1. The standard InChI is InChI=1S/C19H22F3N3O2/c1-24-17(26)15(12-13-7-6-8-14(11-13)19(20,21)22)16(23-18(24)27)25-9-4-2-3-5-10-25/h6-8,11H,2-5,9-10,12H2,1H3,(H,23,27). The number of nitrogens with zero attached hydrogens (tertiary/aromatic N) is 2. The molecule has 5 nitrogen and oxygen atoms in total. The zero-order chi connectivity index (χ0) is 19.6. The average molecular weight is 381 g/mol. The third kappa shape index (κ3) is 4.26. The smallest absolute Gasteiger partial charge is 0.358 e. The summed E-state index contributed by atoms with van der Waals surface area (Å²) in [6.45, 7) is 1.41. The van der Waals surface area contributed by atoms with Crippen LogP contribution in [0.25, 0.3) is 0 Å². The van der Waals surface area contributed by atoms with Gasteiger partial charge in [-0.05, 0) is 24.5 Å². The molecule has 0 radical (unpaired) electrons. The van der Waals surface area contributed by atoms with Crippen LogP contribution in [0.1, 0.15) is 42.4 Å². The number of anilines is 1. The monoisotopic (exact) mass is 381 g/mol. The Bertz CT molecular complexity index is 923. The second-order valence-electron chi connectivity index (χ2n) is 6.90. The Kier molecular flexibility index (Phi) is 5.43. The second-order valence-corrected chi connectivity index (χ2v) is 6.90. The Morgan fingerprint density at radius 3 is 2.37 bits per heavy atom. The van der Waals surface area contributed by atoms with E-state index in [1.807, 2.05) is 4.90 Å². The highest BCUT2D eigenvalue weighted by Gasteiger charge is 2.30. The molecular weight excluding hydrogens is 359 g/mol. The molecule has 2 aromatic rings. The van der Waals surface area contributed by atoms with Gasteiger partial charge in [0.1, 0.15) is 5.82 Å². The fourth-order valence-electron chi connectivity index (χ4n) is 3.44. The van der Waals surface area contributed by atoms with Gasteiger partial charge in [0, 0.05) is 26.6 Å². The third-order valence-corrected chi connectivity index (χ3v) is 4.94. The third-order valence-electron chi connectivity index (χ3n) is 4.94. The van der Waals surface area contributed by atoms with Crippen molar-refractivity contribution in [2.24, 2.45) is 7.05 Å². The van der Waals surface area contributed by atoms with Crippen LogP contribution >= 0.6 is 0 Å². The van der Waals surface area contributed by atoms with Crippen LogP contribution in [0.4, 0.5) is 19.0 Å². The van der Waals surface area contributed by atoms with E-state index < -0.39 is 23.0 Å². The van der Waals surface area contributed by atoms with Gasteiger partial charge in [0.2, 0.25) is 0 Å². The summed E-state index contributed by atoms with van der Waals surface area (Å²) in [5.41, 5.74) is -1.05. The predicted molar refractivity (Wildman–Crippen MR) is 97.2 cm³/mol. The first-order valence-corrected chi connectivity index (χ1v) is 9.00. The van der Waals surface area contributed by atoms with Crippen molar-refractivity contribution in [1.29, 1.82) is 0 Å². The predicted octanol–water partition coefficient (Wildman–Crippen LogP) is 3.06. The summed E-state index contributed by atoms with van der Waals surface area (Å²) in [5, 5.41) is 0. The minimum Gasteiger partial charge on any atom is -0.358 e. The molecule has 146 valence electrons. The van der Waals surface area contributed by atoms with Gasteiger partial charge < -0.3 is 4.90 Å². The molecule has 1 saturated heterocycles. The molecule has 1 aromatic carbocycles. The molecule has 8 heteroatoms. The normalized spacial score (nSPS) is 15.6. The summed E-state index contributed by atoms with van der Waals surface area (Å²) in [7, 11) is 1.36. The summed E-state index contributed by atoms with van der Waals surface area (Å²) in [5.74, 6) is 0.433. The molecule has 0 atom stereocenters. The van der Waals surface area contributed by atoms with Crippen molar-refractivity contribution in [3.05, 3.63) is 61.8 Å². The van der Waals surface area contributed by atoms with Crippen molar-refractivity contribution < 1.29 is 13.2 Å². The lowest BCUT2D eigenvalue weighted by Gasteiger charge is -2.25. The molecule has 0 bridgehead atoms. The van der Waals surface area contributed by atoms with Crippen molar-refractivity contribution in [1.82, 2.24) is 9.55 Å². The minimum atomic E-state index is -4.44. The van der Waals surface area contributed by atoms with E-state index in [1.54, 1.807) is 6.07 Å². The maximum absolute atomic E-state index is 13.0. The Morgan fingerprint density at radius 2 is 1.74 bits per heavy atom. The quantitative estimate of drug-likeness (QED) is 0.889. The van der Waals surface area contributed by atoms with Crippen LogP contribution in [0.15, 0.2) is 33.9 Å². The lowest BCUT2D eigenvalue weighted by atomic mass is 10.0. The van der Waals surface area contributed by atoms with Gasteiger partial charge in [-0.15, -0.1) is 0 Å². The SMILES string of the molecule is Cn1c(=O)[nH]c(N2CCCCCC2)c(Cc2cccc(C(F)(F)F)c2)c1=O. The molecule has 0 saturated carbocycles. The summed E-state index contributed by atoms with van der Waals surface area (Å²) in [6.07, 6.45) is -0.373. The van der Waals surface area contributed by atoms with Crippen molar-refractivity contribution in [2.75, 3.05) is 18.0 Å². The van der Waals surface area contributed by atoms with Crippen molar-refractivity contribution in [3.63, 3.8) is 0 Å². The van der Waals surface area contributed by atoms with E-state index in [0.29, 0.717) is 30.0 Å². The van der Waals surface area contributed by atoms with Crippen LogP contribution in [-0.4, -0.2) is 22.6 Å². The Morgan fingerprint density at radius 1 is 1.07 bits per heavy atom. The maximum atomic E-state index is 13.0. The van der Waals surface area contributed by atoms with E-state index >= 15 is 0 Å². The molecule has 1 aliphatic heterocycles. The summed E-state index contributed by atoms with van der Waals surface area (Å²) in [4.78, 5) is 29.6. The van der Waals surface area contributed by atoms with Crippen molar-refractivity contribution in [3.8, 4) is 0 Å². The molecule has 1 fully saturated rings. The van der Waals surface area contributed by atoms with E-state index in [0.717, 1.165) is 42.4 Å². The second kappa shape index (κ2) is 7.62.